The van der Waals surface area contributed by atoms with Crippen LogP contribution in [-0.4, -0.2) is 66.8 Å². The molecule has 246 valence electrons. The van der Waals surface area contributed by atoms with E-state index in [9.17, 15) is 9.59 Å². The van der Waals surface area contributed by atoms with Gasteiger partial charge in [-0.15, -0.1) is 0 Å². The maximum Gasteiger partial charge on any atom is 0.308 e. The summed E-state index contributed by atoms with van der Waals surface area (Å²) in [4.78, 5) is 27.0. The molecule has 0 bridgehead atoms. The van der Waals surface area contributed by atoms with Gasteiger partial charge in [0.05, 0.1) is 11.6 Å². The number of halogens is 2. The average molecular weight is 681 g/mol. The SMILES string of the molecule is CC(=O)Oc1ccc(C[n+]2ccn(CC3(c4ccc(Cl)cc4Cl)OCC(COc4ccc(N5CCN(C(C)=O)CC5)cc4)O3)c2)cc1. The first-order valence-corrected chi connectivity index (χ1v) is 16.2. The fourth-order valence-electron chi connectivity index (χ4n) is 5.88. The Labute approximate surface area is 283 Å². The number of aromatic nitrogens is 2. The molecule has 4 aromatic rings. The fraction of sp³-hybridized carbons (Fsp3) is 0.343. The highest BCUT2D eigenvalue weighted by molar-refractivity contribution is 6.35. The predicted molar refractivity (Wildman–Crippen MR) is 177 cm³/mol. The van der Waals surface area contributed by atoms with Gasteiger partial charge < -0.3 is 28.7 Å². The van der Waals surface area contributed by atoms with E-state index in [1.807, 2.05) is 75.2 Å². The van der Waals surface area contributed by atoms with Crippen molar-refractivity contribution < 1.29 is 33.1 Å². The Morgan fingerprint density at radius 3 is 2.36 bits per heavy atom. The highest BCUT2D eigenvalue weighted by Crippen LogP contribution is 2.40. The largest absolute Gasteiger partial charge is 0.491 e. The molecule has 2 saturated heterocycles. The number of hydrogen-bond acceptors (Lipinski definition) is 7. The molecule has 0 aliphatic carbocycles. The summed E-state index contributed by atoms with van der Waals surface area (Å²) in [5, 5.41) is 0.973. The maximum absolute atomic E-state index is 11.7. The van der Waals surface area contributed by atoms with E-state index in [2.05, 4.69) is 4.90 Å². The van der Waals surface area contributed by atoms with E-state index < -0.39 is 5.79 Å². The van der Waals surface area contributed by atoms with Crippen LogP contribution in [0.25, 0.3) is 0 Å². The molecule has 2 unspecified atom stereocenters. The maximum atomic E-state index is 11.7. The van der Waals surface area contributed by atoms with E-state index in [-0.39, 0.29) is 18.0 Å². The molecule has 10 nitrogen and oxygen atoms in total. The molecular formula is C35H37Cl2N4O6+. The van der Waals surface area contributed by atoms with Crippen molar-refractivity contribution >= 4 is 40.8 Å². The summed E-state index contributed by atoms with van der Waals surface area (Å²) in [7, 11) is 0. The second-order valence-electron chi connectivity index (χ2n) is 11.7. The van der Waals surface area contributed by atoms with E-state index in [0.717, 1.165) is 43.2 Å². The van der Waals surface area contributed by atoms with Crippen LogP contribution in [0.2, 0.25) is 10.0 Å². The van der Waals surface area contributed by atoms with Crippen molar-refractivity contribution in [2.24, 2.45) is 0 Å². The number of benzene rings is 3. The van der Waals surface area contributed by atoms with E-state index in [1.165, 1.54) is 6.92 Å². The van der Waals surface area contributed by atoms with Crippen LogP contribution in [0.5, 0.6) is 11.5 Å². The number of hydrogen-bond donors (Lipinski definition) is 0. The summed E-state index contributed by atoms with van der Waals surface area (Å²) < 4.78 is 28.3. The zero-order valence-corrected chi connectivity index (χ0v) is 27.8. The summed E-state index contributed by atoms with van der Waals surface area (Å²) in [5.41, 5.74) is 2.83. The van der Waals surface area contributed by atoms with Crippen molar-refractivity contribution in [1.82, 2.24) is 9.47 Å². The minimum absolute atomic E-state index is 0.118. The number of carbonyl (C=O) groups excluding carboxylic acids is 2. The van der Waals surface area contributed by atoms with Crippen molar-refractivity contribution in [1.29, 1.82) is 0 Å². The van der Waals surface area contributed by atoms with Crippen LogP contribution in [0.4, 0.5) is 5.69 Å². The lowest BCUT2D eigenvalue weighted by Crippen LogP contribution is -2.48. The van der Waals surface area contributed by atoms with Gasteiger partial charge in [-0.2, -0.15) is 0 Å². The van der Waals surface area contributed by atoms with Gasteiger partial charge in [0.25, 0.3) is 0 Å². The number of carbonyl (C=O) groups is 2. The molecule has 2 atom stereocenters. The van der Waals surface area contributed by atoms with Crippen LogP contribution in [-0.2, 0) is 37.9 Å². The summed E-state index contributed by atoms with van der Waals surface area (Å²) >= 11 is 12.9. The summed E-state index contributed by atoms with van der Waals surface area (Å²) in [6, 6.07) is 20.7. The van der Waals surface area contributed by atoms with Crippen molar-refractivity contribution in [3.63, 3.8) is 0 Å². The Morgan fingerprint density at radius 2 is 1.68 bits per heavy atom. The third kappa shape index (κ3) is 8.08. The number of imidazole rings is 1. The minimum Gasteiger partial charge on any atom is -0.491 e. The second-order valence-corrected chi connectivity index (χ2v) is 12.6. The predicted octanol–water partition coefficient (Wildman–Crippen LogP) is 5.07. The average Bonchev–Trinajstić information content (AvgIpc) is 3.68. The van der Waals surface area contributed by atoms with Crippen LogP contribution >= 0.6 is 23.2 Å². The Balaban J connectivity index is 1.10. The molecule has 6 rings (SSSR count). The standard InChI is InChI=1S/C35H37Cl2N4O6/c1-25(42)40-15-17-41(18-16-40)29-6-10-30(11-7-29)44-21-32-22-45-35(47-32,33-12-5-28(36)19-34(33)37)23-39-14-13-38(24-39)20-27-3-8-31(9-4-27)46-26(2)43/h3-14,19,24,32H,15-18,20-23H2,1-2H3/q+1. The van der Waals surface area contributed by atoms with Gasteiger partial charge in [-0.3, -0.25) is 9.59 Å². The Bertz CT molecular complexity index is 1710. The number of anilines is 1. The van der Waals surface area contributed by atoms with E-state index in [4.69, 9.17) is 42.1 Å². The number of piperazine rings is 1. The molecule has 47 heavy (non-hydrogen) atoms. The van der Waals surface area contributed by atoms with Crippen LogP contribution < -0.4 is 18.9 Å². The zero-order chi connectivity index (χ0) is 33.0. The number of rotatable bonds is 10. The highest BCUT2D eigenvalue weighted by atomic mass is 35.5. The molecule has 1 aromatic heterocycles. The van der Waals surface area contributed by atoms with Gasteiger partial charge in [0.2, 0.25) is 18.0 Å². The van der Waals surface area contributed by atoms with Crippen LogP contribution in [0, 0.1) is 0 Å². The second kappa shape index (κ2) is 14.4. The van der Waals surface area contributed by atoms with Crippen LogP contribution in [0.1, 0.15) is 25.0 Å². The molecule has 1 amide bonds. The molecular weight excluding hydrogens is 643 g/mol. The van der Waals surface area contributed by atoms with Gasteiger partial charge in [0, 0.05) is 56.3 Å². The molecule has 0 radical (unpaired) electrons. The zero-order valence-electron chi connectivity index (χ0n) is 26.3. The van der Waals surface area contributed by atoms with Crippen molar-refractivity contribution in [2.75, 3.05) is 44.3 Å². The minimum atomic E-state index is -1.16. The Hall–Kier alpha value is -4.09. The summed E-state index contributed by atoms with van der Waals surface area (Å²) in [5.74, 6) is -0.154. The summed E-state index contributed by atoms with van der Waals surface area (Å²) in [6.07, 6.45) is 5.56. The van der Waals surface area contributed by atoms with Crippen LogP contribution in [0.15, 0.2) is 85.5 Å². The topological polar surface area (TPSA) is 86.4 Å². The van der Waals surface area contributed by atoms with Gasteiger partial charge in [0.1, 0.15) is 49.7 Å². The molecule has 0 N–H and O–H groups in total. The summed E-state index contributed by atoms with van der Waals surface area (Å²) in [6.45, 7) is 7.61. The molecule has 0 saturated carbocycles. The van der Waals surface area contributed by atoms with Crippen molar-refractivity contribution in [2.45, 2.75) is 38.8 Å². The van der Waals surface area contributed by atoms with Gasteiger partial charge in [-0.25, -0.2) is 9.13 Å². The third-order valence-corrected chi connectivity index (χ3v) is 8.80. The first-order valence-electron chi connectivity index (χ1n) is 15.5. The molecule has 2 aliphatic rings. The van der Waals surface area contributed by atoms with Gasteiger partial charge in [-0.05, 0) is 54.1 Å². The van der Waals surface area contributed by atoms with Crippen molar-refractivity contribution in [3.8, 4) is 11.5 Å². The number of ether oxygens (including phenoxy) is 4. The Kier molecular flexibility index (Phi) is 10.0. The smallest absolute Gasteiger partial charge is 0.308 e. The molecule has 3 aromatic carbocycles. The lowest BCUT2D eigenvalue weighted by molar-refractivity contribution is -0.688. The Morgan fingerprint density at radius 1 is 0.957 bits per heavy atom. The molecule has 12 heteroatoms. The lowest BCUT2D eigenvalue weighted by atomic mass is 10.1. The normalized spacial score (nSPS) is 19.5. The first kappa shape index (κ1) is 32.8. The number of nitrogens with zero attached hydrogens (tertiary/aromatic N) is 4. The number of esters is 1. The molecule has 2 aliphatic heterocycles. The highest BCUT2D eigenvalue weighted by Gasteiger charge is 2.47. The first-order chi connectivity index (χ1) is 22.7. The van der Waals surface area contributed by atoms with Crippen molar-refractivity contribution in [3.05, 3.63) is 107 Å². The van der Waals surface area contributed by atoms with Gasteiger partial charge >= 0.3 is 5.97 Å². The monoisotopic (exact) mass is 679 g/mol. The molecule has 3 heterocycles. The van der Waals surface area contributed by atoms with E-state index in [1.54, 1.807) is 31.2 Å². The lowest BCUT2D eigenvalue weighted by Gasteiger charge is -2.35. The van der Waals surface area contributed by atoms with E-state index in [0.29, 0.717) is 47.7 Å². The molecule has 2 fully saturated rings. The quantitative estimate of drug-likeness (QED) is 0.131. The molecule has 0 spiro atoms. The van der Waals surface area contributed by atoms with Gasteiger partial charge in [-0.1, -0.05) is 41.4 Å². The fourth-order valence-corrected chi connectivity index (χ4v) is 6.43. The number of amides is 1. The van der Waals surface area contributed by atoms with Crippen LogP contribution in [0.3, 0.4) is 0 Å². The van der Waals surface area contributed by atoms with Gasteiger partial charge in [0.15, 0.2) is 0 Å². The van der Waals surface area contributed by atoms with E-state index >= 15 is 0 Å². The third-order valence-electron chi connectivity index (χ3n) is 8.25.